The summed E-state index contributed by atoms with van der Waals surface area (Å²) in [5.74, 6) is -2.92. The van der Waals surface area contributed by atoms with Crippen molar-refractivity contribution >= 4 is 11.9 Å². The van der Waals surface area contributed by atoms with Crippen molar-refractivity contribution in [2.75, 3.05) is 21.2 Å². The summed E-state index contributed by atoms with van der Waals surface area (Å²) in [7, 11) is 5.35. The van der Waals surface area contributed by atoms with Gasteiger partial charge in [0.15, 0.2) is 18.7 Å². The van der Waals surface area contributed by atoms with Crippen molar-refractivity contribution in [3.05, 3.63) is 11.3 Å². The largest absolute Gasteiger partial charge is 0.489 e. The Morgan fingerprint density at radius 1 is 0.981 bits per heavy atom. The van der Waals surface area contributed by atoms with E-state index in [1.807, 2.05) is 46.7 Å². The predicted octanol–water partition coefficient (Wildman–Crippen LogP) is 3.46. The molecule has 2 bridgehead atoms. The van der Waals surface area contributed by atoms with Gasteiger partial charge in [0.1, 0.15) is 35.3 Å². The molecule has 0 radical (unpaired) electrons. The normalized spacial score (nSPS) is 47.2. The molecule has 306 valence electrons. The number of rotatable bonds is 8. The number of aliphatic hydroxyl groups is 3. The van der Waals surface area contributed by atoms with Gasteiger partial charge in [-0.25, -0.2) is 0 Å². The molecule has 0 aromatic carbocycles. The number of nitrogens with zero attached hydrogens (tertiary/aromatic N) is 1. The summed E-state index contributed by atoms with van der Waals surface area (Å²) >= 11 is 0. The van der Waals surface area contributed by atoms with Crippen LogP contribution in [0.5, 0.6) is 0 Å². The van der Waals surface area contributed by atoms with Gasteiger partial charge in [0, 0.05) is 38.7 Å². The Morgan fingerprint density at radius 3 is 2.19 bits per heavy atom. The molecule has 0 amide bonds. The number of esters is 2. The topological polar surface area (TPSA) is 172 Å². The van der Waals surface area contributed by atoms with Crippen LogP contribution in [0.15, 0.2) is 11.3 Å². The summed E-state index contributed by atoms with van der Waals surface area (Å²) in [6, 6.07) is -0.231. The molecule has 0 aliphatic carbocycles. The van der Waals surface area contributed by atoms with Gasteiger partial charge in [0.25, 0.3) is 0 Å². The molecule has 0 unspecified atom stereocenters. The first-order valence-corrected chi connectivity index (χ1v) is 19.2. The van der Waals surface area contributed by atoms with Gasteiger partial charge in [0.2, 0.25) is 0 Å². The lowest BCUT2D eigenvalue weighted by Gasteiger charge is -2.49. The van der Waals surface area contributed by atoms with E-state index in [0.717, 1.165) is 5.57 Å². The number of cyclic esters (lactones) is 1. The summed E-state index contributed by atoms with van der Waals surface area (Å²) in [6.07, 6.45) is -7.48. The Morgan fingerprint density at radius 2 is 1.62 bits per heavy atom. The molecule has 4 aliphatic rings. The summed E-state index contributed by atoms with van der Waals surface area (Å²) in [4.78, 5) is 28.7. The highest BCUT2D eigenvalue weighted by Crippen LogP contribution is 2.47. The van der Waals surface area contributed by atoms with E-state index in [1.54, 1.807) is 34.6 Å². The molecule has 0 aromatic heterocycles. The summed E-state index contributed by atoms with van der Waals surface area (Å²) in [5, 5.41) is 34.5. The van der Waals surface area contributed by atoms with Crippen molar-refractivity contribution in [1.29, 1.82) is 0 Å². The fourth-order valence-corrected chi connectivity index (χ4v) is 9.03. The average Bonchev–Trinajstić information content (AvgIpc) is 3.40. The van der Waals surface area contributed by atoms with Gasteiger partial charge >= 0.3 is 11.9 Å². The number of carbonyl (C=O) groups excluding carboxylic acids is 2. The van der Waals surface area contributed by atoms with Crippen LogP contribution in [0.2, 0.25) is 0 Å². The molecule has 4 aliphatic heterocycles. The Kier molecular flexibility index (Phi) is 13.8. The van der Waals surface area contributed by atoms with Gasteiger partial charge < -0.3 is 58.1 Å². The van der Waals surface area contributed by atoms with Crippen molar-refractivity contribution in [1.82, 2.24) is 4.90 Å². The summed E-state index contributed by atoms with van der Waals surface area (Å²) < 4.78 is 51.1. The van der Waals surface area contributed by atoms with Gasteiger partial charge in [-0.05, 0) is 81.0 Å². The van der Waals surface area contributed by atoms with E-state index in [0.29, 0.717) is 18.6 Å². The minimum atomic E-state index is -1.84. The molecule has 0 spiro atoms. The fraction of sp³-hybridized carbons (Fsp3) is 0.897. The van der Waals surface area contributed by atoms with E-state index in [9.17, 15) is 24.9 Å². The SMILES string of the molecule is CC[C@H]1OC(=O)[C@H](C)[C@@H](O[C@H]2C[C@@](C)(OC)[C@@H](O)[C@H](C)O2)[C@H](C)[C@@H](O[C@@H]2O[C@H](C)C[C@H](N(C)C)[C@H]2OC(C)=O)[C@@]2(C)CC(C)=C(O2)[C@H](C)[C@@H](O)[C@]1(C)O. The molecule has 3 fully saturated rings. The van der Waals surface area contributed by atoms with Crippen molar-refractivity contribution in [2.45, 2.75) is 186 Å². The molecule has 17 atom stereocenters. The smallest absolute Gasteiger partial charge is 0.311 e. The lowest BCUT2D eigenvalue weighted by Crippen LogP contribution is -2.61. The van der Waals surface area contributed by atoms with E-state index in [4.69, 9.17) is 37.9 Å². The first-order chi connectivity index (χ1) is 24.5. The van der Waals surface area contributed by atoms with Crippen LogP contribution in [0.25, 0.3) is 0 Å². The van der Waals surface area contributed by atoms with Crippen LogP contribution in [0, 0.1) is 17.8 Å². The molecule has 0 aromatic rings. The Labute approximate surface area is 315 Å². The third-order valence-electron chi connectivity index (χ3n) is 12.2. The van der Waals surface area contributed by atoms with Crippen LogP contribution in [0.4, 0.5) is 0 Å². The van der Waals surface area contributed by atoms with Gasteiger partial charge in [-0.15, -0.1) is 0 Å². The number of methoxy groups -OCH3 is 1. The van der Waals surface area contributed by atoms with Crippen molar-refractivity contribution < 1.29 is 62.8 Å². The minimum Gasteiger partial charge on any atom is -0.489 e. The molecule has 14 heteroatoms. The van der Waals surface area contributed by atoms with Crippen LogP contribution in [0.3, 0.4) is 0 Å². The maximum atomic E-state index is 14.2. The highest BCUT2D eigenvalue weighted by molar-refractivity contribution is 5.73. The zero-order valence-electron chi connectivity index (χ0n) is 34.3. The Bertz CT molecular complexity index is 1320. The standard InChI is InChI=1S/C39H67NO13/c1-15-27-39(11,45)32(42)21(4)29-19(2)17-38(10,53-29)34(52-36-31(49-25(8)41)26(40(12)13)16-20(3)47-36)22(5)30(23(6)35(44)50-27)51-28-18-37(9,46-14)33(43)24(7)48-28/h20-24,26-28,30-34,36,42-43,45H,15-18H2,1-14H3/t20-,21+,22+,23-,24+,26+,27-,28+,30+,31-,32-,33+,34-,36+,37-,38-,39-/m1/s1. The van der Waals surface area contributed by atoms with Crippen LogP contribution in [0.1, 0.15) is 102 Å². The molecule has 3 N–H and O–H groups in total. The Balaban J connectivity index is 1.88. The zero-order valence-corrected chi connectivity index (χ0v) is 34.3. The fourth-order valence-electron chi connectivity index (χ4n) is 9.03. The first kappa shape index (κ1) is 43.8. The second-order valence-corrected chi connectivity index (χ2v) is 16.9. The molecule has 3 saturated heterocycles. The number of ether oxygens (including phenoxy) is 8. The highest BCUT2D eigenvalue weighted by Gasteiger charge is 2.56. The number of fused-ring (bicyclic) bond motifs is 2. The number of aliphatic hydroxyl groups excluding tert-OH is 2. The second kappa shape index (κ2) is 16.7. The molecule has 4 heterocycles. The van der Waals surface area contributed by atoms with Crippen LogP contribution in [-0.2, 0) is 47.5 Å². The third-order valence-corrected chi connectivity index (χ3v) is 12.2. The quantitative estimate of drug-likeness (QED) is 0.308. The maximum absolute atomic E-state index is 14.2. The van der Waals surface area contributed by atoms with Gasteiger partial charge in [0.05, 0.1) is 42.0 Å². The third kappa shape index (κ3) is 8.91. The Hall–Kier alpha value is -1.88. The number of carbonyl (C=O) groups is 2. The number of hydrogen-bond donors (Lipinski definition) is 3. The predicted molar refractivity (Wildman–Crippen MR) is 193 cm³/mol. The average molecular weight is 758 g/mol. The second-order valence-electron chi connectivity index (χ2n) is 16.9. The lowest BCUT2D eigenvalue weighted by atomic mass is 9.78. The van der Waals surface area contributed by atoms with Crippen LogP contribution in [-0.4, -0.2) is 138 Å². The minimum absolute atomic E-state index is 0.155. The highest BCUT2D eigenvalue weighted by atomic mass is 16.7. The molecule has 0 saturated carbocycles. The zero-order chi connectivity index (χ0) is 40.0. The van der Waals surface area contributed by atoms with Gasteiger partial charge in [-0.2, -0.15) is 0 Å². The first-order valence-electron chi connectivity index (χ1n) is 19.2. The molecular formula is C39H67NO13. The lowest BCUT2D eigenvalue weighted by molar-refractivity contribution is -0.317. The molecular weight excluding hydrogens is 690 g/mol. The summed E-state index contributed by atoms with van der Waals surface area (Å²) in [6.45, 7) is 19.3. The maximum Gasteiger partial charge on any atom is 0.311 e. The van der Waals surface area contributed by atoms with Crippen molar-refractivity contribution in [2.24, 2.45) is 17.8 Å². The summed E-state index contributed by atoms with van der Waals surface area (Å²) in [5.41, 5.74) is -3.10. The monoisotopic (exact) mass is 757 g/mol. The van der Waals surface area contributed by atoms with E-state index in [1.165, 1.54) is 21.0 Å². The van der Waals surface area contributed by atoms with E-state index >= 15 is 0 Å². The number of likely N-dealkylation sites (N-methyl/N-ethyl adjacent to an activating group) is 1. The van der Waals surface area contributed by atoms with Crippen LogP contribution >= 0.6 is 0 Å². The van der Waals surface area contributed by atoms with Crippen LogP contribution < -0.4 is 0 Å². The molecule has 53 heavy (non-hydrogen) atoms. The van der Waals surface area contributed by atoms with Crippen molar-refractivity contribution in [3.8, 4) is 0 Å². The van der Waals surface area contributed by atoms with E-state index in [-0.39, 0.29) is 25.0 Å². The molecule has 14 nitrogen and oxygen atoms in total. The molecule has 4 rings (SSSR count). The van der Waals surface area contributed by atoms with E-state index < -0.39 is 102 Å². The van der Waals surface area contributed by atoms with Gasteiger partial charge in [-0.1, -0.05) is 20.8 Å². The van der Waals surface area contributed by atoms with Gasteiger partial charge in [-0.3, -0.25) is 9.59 Å². The van der Waals surface area contributed by atoms with Crippen molar-refractivity contribution in [3.63, 3.8) is 0 Å². The number of hydrogen-bond acceptors (Lipinski definition) is 14. The van der Waals surface area contributed by atoms with E-state index in [2.05, 4.69) is 0 Å².